The number of hydrogen-bond acceptors (Lipinski definition) is 2. The van der Waals surface area contributed by atoms with E-state index in [9.17, 15) is 9.59 Å². The van der Waals surface area contributed by atoms with Gasteiger partial charge in [-0.3, -0.25) is 9.59 Å². The number of nitrogens with zero attached hydrogens (tertiary/aromatic N) is 1. The fourth-order valence-electron chi connectivity index (χ4n) is 3.94. The standard InChI is InChI=1S/C29H32Cl2N2O2/c1-20-9-8-12-22(15-20)19-33(27(34)17-23-13-14-24(30)18-25(23)31)26(28(35)32-29(2,3)4)16-21-10-6-5-7-11-21/h5-15,18,26H,16-17,19H2,1-4H3,(H,32,35). The van der Waals surface area contributed by atoms with Gasteiger partial charge in [-0.2, -0.15) is 0 Å². The fourth-order valence-corrected chi connectivity index (χ4v) is 4.42. The lowest BCUT2D eigenvalue weighted by molar-refractivity contribution is -0.141. The molecule has 0 radical (unpaired) electrons. The molecule has 0 aromatic heterocycles. The van der Waals surface area contributed by atoms with Crippen molar-refractivity contribution in [2.24, 2.45) is 0 Å². The second kappa shape index (κ2) is 11.7. The van der Waals surface area contributed by atoms with Crippen LogP contribution in [-0.4, -0.2) is 28.3 Å². The van der Waals surface area contributed by atoms with Crippen LogP contribution in [0.5, 0.6) is 0 Å². The highest BCUT2D eigenvalue weighted by Gasteiger charge is 2.32. The Bertz CT molecular complexity index is 1170. The Hall–Kier alpha value is -2.82. The molecule has 0 heterocycles. The summed E-state index contributed by atoms with van der Waals surface area (Å²) in [4.78, 5) is 29.1. The smallest absolute Gasteiger partial charge is 0.243 e. The molecule has 2 amide bonds. The monoisotopic (exact) mass is 510 g/mol. The molecule has 1 unspecified atom stereocenters. The average molecular weight is 511 g/mol. The van der Waals surface area contributed by atoms with Gasteiger partial charge in [0.2, 0.25) is 11.8 Å². The number of carbonyl (C=O) groups is 2. The maximum atomic E-state index is 13.8. The Morgan fingerprint density at radius 3 is 2.23 bits per heavy atom. The van der Waals surface area contributed by atoms with Crippen molar-refractivity contribution in [1.29, 1.82) is 0 Å². The van der Waals surface area contributed by atoms with Crippen molar-refractivity contribution in [2.45, 2.75) is 58.7 Å². The van der Waals surface area contributed by atoms with Gasteiger partial charge in [-0.15, -0.1) is 0 Å². The minimum absolute atomic E-state index is 0.0654. The quantitative estimate of drug-likeness (QED) is 0.381. The third-order valence-corrected chi connectivity index (χ3v) is 6.15. The number of nitrogens with one attached hydrogen (secondary N) is 1. The first kappa shape index (κ1) is 26.8. The number of rotatable bonds is 8. The lowest BCUT2D eigenvalue weighted by Gasteiger charge is -2.34. The van der Waals surface area contributed by atoms with Crippen LogP contribution in [0.2, 0.25) is 10.0 Å². The first-order valence-corrected chi connectivity index (χ1v) is 12.4. The van der Waals surface area contributed by atoms with Gasteiger partial charge >= 0.3 is 0 Å². The van der Waals surface area contributed by atoms with Crippen LogP contribution >= 0.6 is 23.2 Å². The molecule has 6 heteroatoms. The van der Waals surface area contributed by atoms with E-state index in [1.165, 1.54) is 0 Å². The van der Waals surface area contributed by atoms with E-state index in [0.29, 0.717) is 28.6 Å². The summed E-state index contributed by atoms with van der Waals surface area (Å²) in [7, 11) is 0. The van der Waals surface area contributed by atoms with Gasteiger partial charge < -0.3 is 10.2 Å². The maximum Gasteiger partial charge on any atom is 0.243 e. The molecular formula is C29H32Cl2N2O2. The number of amides is 2. The number of aryl methyl sites for hydroxylation is 1. The molecule has 0 aliphatic heterocycles. The molecule has 4 nitrogen and oxygen atoms in total. The molecule has 3 aromatic carbocycles. The van der Waals surface area contributed by atoms with E-state index in [-0.39, 0.29) is 18.2 Å². The predicted molar refractivity (Wildman–Crippen MR) is 144 cm³/mol. The molecule has 3 aromatic rings. The molecule has 0 aliphatic carbocycles. The first-order chi connectivity index (χ1) is 16.5. The summed E-state index contributed by atoms with van der Waals surface area (Å²) in [6.07, 6.45) is 0.463. The maximum absolute atomic E-state index is 13.8. The van der Waals surface area contributed by atoms with Crippen LogP contribution in [0.4, 0.5) is 0 Å². The summed E-state index contributed by atoms with van der Waals surface area (Å²) < 4.78 is 0. The molecule has 1 atom stereocenters. The highest BCUT2D eigenvalue weighted by molar-refractivity contribution is 6.35. The van der Waals surface area contributed by atoms with Crippen LogP contribution in [0.15, 0.2) is 72.8 Å². The van der Waals surface area contributed by atoms with Crippen molar-refractivity contribution in [2.75, 3.05) is 0 Å². The van der Waals surface area contributed by atoms with Crippen LogP contribution in [-0.2, 0) is 29.0 Å². The molecule has 0 spiro atoms. The minimum Gasteiger partial charge on any atom is -0.350 e. The molecular weight excluding hydrogens is 479 g/mol. The third-order valence-electron chi connectivity index (χ3n) is 5.56. The topological polar surface area (TPSA) is 49.4 Å². The molecule has 0 saturated heterocycles. The van der Waals surface area contributed by atoms with Gasteiger partial charge in [-0.05, 0) is 56.5 Å². The van der Waals surface area contributed by atoms with Crippen LogP contribution < -0.4 is 5.32 Å². The Morgan fingerprint density at radius 1 is 0.914 bits per heavy atom. The van der Waals surface area contributed by atoms with Crippen LogP contribution in [0.1, 0.15) is 43.0 Å². The zero-order valence-electron chi connectivity index (χ0n) is 20.6. The van der Waals surface area contributed by atoms with E-state index in [1.54, 1.807) is 23.1 Å². The van der Waals surface area contributed by atoms with Crippen molar-refractivity contribution in [3.05, 3.63) is 105 Å². The number of benzene rings is 3. The molecule has 35 heavy (non-hydrogen) atoms. The Labute approximate surface area is 218 Å². The van der Waals surface area contributed by atoms with Crippen molar-refractivity contribution >= 4 is 35.0 Å². The summed E-state index contributed by atoms with van der Waals surface area (Å²) in [6.45, 7) is 8.12. The molecule has 0 fully saturated rings. The SMILES string of the molecule is Cc1cccc(CN(C(=O)Cc2ccc(Cl)cc2Cl)C(Cc2ccccc2)C(=O)NC(C)(C)C)c1. The molecule has 3 rings (SSSR count). The second-order valence-electron chi connectivity index (χ2n) is 9.87. The first-order valence-electron chi connectivity index (χ1n) is 11.7. The number of carbonyl (C=O) groups excluding carboxylic acids is 2. The number of halogens is 2. The zero-order valence-corrected chi connectivity index (χ0v) is 22.2. The zero-order chi connectivity index (χ0) is 25.6. The highest BCUT2D eigenvalue weighted by atomic mass is 35.5. The summed E-state index contributed by atoms with van der Waals surface area (Å²) >= 11 is 12.4. The van der Waals surface area contributed by atoms with Crippen molar-refractivity contribution in [1.82, 2.24) is 10.2 Å². The van der Waals surface area contributed by atoms with Gasteiger partial charge in [0, 0.05) is 28.5 Å². The highest BCUT2D eigenvalue weighted by Crippen LogP contribution is 2.24. The average Bonchev–Trinajstić information content (AvgIpc) is 2.77. The van der Waals surface area contributed by atoms with Crippen LogP contribution in [0.3, 0.4) is 0 Å². The summed E-state index contributed by atoms with van der Waals surface area (Å²) in [5, 5.41) is 4.02. The van der Waals surface area contributed by atoms with Crippen molar-refractivity contribution < 1.29 is 9.59 Å². The Kier molecular flexibility index (Phi) is 8.98. The largest absolute Gasteiger partial charge is 0.350 e. The van der Waals surface area contributed by atoms with Gasteiger partial charge in [0.15, 0.2) is 0 Å². The normalized spacial score (nSPS) is 12.2. The third kappa shape index (κ3) is 8.12. The van der Waals surface area contributed by atoms with E-state index >= 15 is 0 Å². The molecule has 184 valence electrons. The Morgan fingerprint density at radius 2 is 1.60 bits per heavy atom. The van der Waals surface area contributed by atoms with E-state index in [2.05, 4.69) is 5.32 Å². The van der Waals surface area contributed by atoms with E-state index < -0.39 is 11.6 Å². The molecule has 0 aliphatic rings. The van der Waals surface area contributed by atoms with E-state index in [4.69, 9.17) is 23.2 Å². The predicted octanol–water partition coefficient (Wildman–Crippen LogP) is 6.40. The fraction of sp³-hybridized carbons (Fsp3) is 0.310. The van der Waals surface area contributed by atoms with Crippen molar-refractivity contribution in [3.63, 3.8) is 0 Å². The summed E-state index contributed by atoms with van der Waals surface area (Å²) in [6, 6.07) is 22.2. The van der Waals surface area contributed by atoms with Gasteiger partial charge in [-0.25, -0.2) is 0 Å². The van der Waals surface area contributed by atoms with Gasteiger partial charge in [0.25, 0.3) is 0 Å². The lowest BCUT2D eigenvalue weighted by Crippen LogP contribution is -2.54. The lowest BCUT2D eigenvalue weighted by atomic mass is 9.99. The second-order valence-corrected chi connectivity index (χ2v) is 10.7. The number of hydrogen-bond donors (Lipinski definition) is 1. The van der Waals surface area contributed by atoms with Gasteiger partial charge in [-0.1, -0.05) is 89.4 Å². The van der Waals surface area contributed by atoms with Gasteiger partial charge in [0.05, 0.1) is 6.42 Å². The summed E-state index contributed by atoms with van der Waals surface area (Å²) in [5.41, 5.74) is 3.26. The molecule has 0 bridgehead atoms. The molecule has 0 saturated carbocycles. The molecule has 1 N–H and O–H groups in total. The van der Waals surface area contributed by atoms with Gasteiger partial charge in [0.1, 0.15) is 6.04 Å². The van der Waals surface area contributed by atoms with Crippen LogP contribution in [0, 0.1) is 6.92 Å². The Balaban J connectivity index is 2.01. The van der Waals surface area contributed by atoms with Crippen molar-refractivity contribution in [3.8, 4) is 0 Å². The minimum atomic E-state index is -0.698. The summed E-state index contributed by atoms with van der Waals surface area (Å²) in [5.74, 6) is -0.370. The van der Waals surface area contributed by atoms with E-state index in [0.717, 1.165) is 16.7 Å². The van der Waals surface area contributed by atoms with E-state index in [1.807, 2.05) is 82.3 Å². The van der Waals surface area contributed by atoms with Crippen LogP contribution in [0.25, 0.3) is 0 Å².